The Morgan fingerprint density at radius 3 is 2.27 bits per heavy atom. The van der Waals surface area contributed by atoms with Crippen LogP contribution in [0.1, 0.15) is 23.1 Å². The number of carbonyl (C=O) groups excluding carboxylic acids is 1. The lowest BCUT2D eigenvalue weighted by molar-refractivity contribution is -0.167. The van der Waals surface area contributed by atoms with Crippen LogP contribution in [0.25, 0.3) is 0 Å². The standard InChI is InChI=1S/C9H9F2NO3/c1-5(13)6-3-4-7(12(6)2)9(10,11)8(14)15/h3-4H,1-2H3,(H,14,15). The van der Waals surface area contributed by atoms with Crippen LogP contribution in [0.3, 0.4) is 0 Å². The zero-order valence-corrected chi connectivity index (χ0v) is 8.12. The average molecular weight is 217 g/mol. The van der Waals surface area contributed by atoms with E-state index in [1.807, 2.05) is 0 Å². The molecule has 0 unspecified atom stereocenters. The molecular weight excluding hydrogens is 208 g/mol. The van der Waals surface area contributed by atoms with E-state index in [1.165, 1.54) is 20.0 Å². The van der Waals surface area contributed by atoms with Gasteiger partial charge in [0, 0.05) is 14.0 Å². The fraction of sp³-hybridized carbons (Fsp3) is 0.333. The Kier molecular flexibility index (Phi) is 2.61. The molecule has 1 aromatic rings. The van der Waals surface area contributed by atoms with Crippen LogP contribution in [0.5, 0.6) is 0 Å². The number of Topliss-reactive ketones (excluding diaryl/α,β-unsaturated/α-hetero) is 1. The number of carboxylic acids is 1. The zero-order chi connectivity index (χ0) is 11.8. The first-order valence-electron chi connectivity index (χ1n) is 4.06. The molecule has 82 valence electrons. The van der Waals surface area contributed by atoms with Gasteiger partial charge in [-0.15, -0.1) is 0 Å². The second-order valence-corrected chi connectivity index (χ2v) is 3.10. The number of carboxylic acid groups (broad SMARTS) is 1. The van der Waals surface area contributed by atoms with Gasteiger partial charge in [-0.1, -0.05) is 0 Å². The third kappa shape index (κ3) is 1.74. The van der Waals surface area contributed by atoms with Gasteiger partial charge in [0.25, 0.3) is 0 Å². The van der Waals surface area contributed by atoms with Gasteiger partial charge in [0.15, 0.2) is 5.78 Å². The largest absolute Gasteiger partial charge is 0.476 e. The molecule has 0 radical (unpaired) electrons. The number of hydrogen-bond acceptors (Lipinski definition) is 2. The molecule has 0 bridgehead atoms. The smallest absolute Gasteiger partial charge is 0.382 e. The molecule has 6 heteroatoms. The summed E-state index contributed by atoms with van der Waals surface area (Å²) in [4.78, 5) is 21.3. The van der Waals surface area contributed by atoms with Crippen molar-refractivity contribution in [2.45, 2.75) is 12.8 Å². The van der Waals surface area contributed by atoms with Crippen molar-refractivity contribution in [1.82, 2.24) is 4.57 Å². The molecule has 0 spiro atoms. The molecule has 0 aliphatic rings. The number of aliphatic carboxylic acids is 1. The molecule has 0 atom stereocenters. The molecule has 4 nitrogen and oxygen atoms in total. The Bertz CT molecular complexity index is 423. The minimum Gasteiger partial charge on any atom is -0.476 e. The maximum Gasteiger partial charge on any atom is 0.382 e. The normalized spacial score (nSPS) is 11.5. The van der Waals surface area contributed by atoms with Crippen LogP contribution in [0.4, 0.5) is 8.78 Å². The van der Waals surface area contributed by atoms with Crippen LogP contribution < -0.4 is 0 Å². The van der Waals surface area contributed by atoms with Crippen LogP contribution >= 0.6 is 0 Å². The van der Waals surface area contributed by atoms with Crippen LogP contribution in [0, 0.1) is 0 Å². The van der Waals surface area contributed by atoms with Crippen molar-refractivity contribution in [2.75, 3.05) is 0 Å². The van der Waals surface area contributed by atoms with Crippen molar-refractivity contribution < 1.29 is 23.5 Å². The van der Waals surface area contributed by atoms with Crippen molar-refractivity contribution in [1.29, 1.82) is 0 Å². The highest BCUT2D eigenvalue weighted by Crippen LogP contribution is 2.29. The minimum atomic E-state index is -3.98. The topological polar surface area (TPSA) is 59.3 Å². The second-order valence-electron chi connectivity index (χ2n) is 3.10. The summed E-state index contributed by atoms with van der Waals surface area (Å²) in [6.45, 7) is 1.22. The third-order valence-corrected chi connectivity index (χ3v) is 2.07. The number of aromatic nitrogens is 1. The predicted molar refractivity (Wildman–Crippen MR) is 46.9 cm³/mol. The summed E-state index contributed by atoms with van der Waals surface area (Å²) < 4.78 is 27.1. The highest BCUT2D eigenvalue weighted by Gasteiger charge is 2.43. The summed E-state index contributed by atoms with van der Waals surface area (Å²) in [5, 5.41) is 8.32. The Morgan fingerprint density at radius 2 is 1.93 bits per heavy atom. The number of halogens is 2. The number of hydrogen-bond donors (Lipinski definition) is 1. The van der Waals surface area contributed by atoms with Gasteiger partial charge in [-0.25, -0.2) is 4.79 Å². The second kappa shape index (κ2) is 3.45. The Morgan fingerprint density at radius 1 is 1.40 bits per heavy atom. The monoisotopic (exact) mass is 217 g/mol. The fourth-order valence-electron chi connectivity index (χ4n) is 1.29. The first-order valence-corrected chi connectivity index (χ1v) is 4.06. The van der Waals surface area contributed by atoms with Crippen molar-refractivity contribution in [3.63, 3.8) is 0 Å². The van der Waals surface area contributed by atoms with Gasteiger partial charge in [0.05, 0.1) is 11.4 Å². The molecule has 0 aliphatic carbocycles. The van der Waals surface area contributed by atoms with E-state index < -0.39 is 23.4 Å². The van der Waals surface area contributed by atoms with Crippen LogP contribution in [0.2, 0.25) is 0 Å². The van der Waals surface area contributed by atoms with Crippen molar-refractivity contribution in [2.24, 2.45) is 7.05 Å². The molecule has 0 aromatic carbocycles. The van der Waals surface area contributed by atoms with Gasteiger partial charge in [-0.05, 0) is 12.1 Å². The third-order valence-electron chi connectivity index (χ3n) is 2.07. The van der Waals surface area contributed by atoms with E-state index in [2.05, 4.69) is 0 Å². The van der Waals surface area contributed by atoms with Crippen LogP contribution in [-0.2, 0) is 17.8 Å². The van der Waals surface area contributed by atoms with E-state index in [0.717, 1.165) is 10.6 Å². The maximum atomic E-state index is 13.1. The minimum absolute atomic E-state index is 0.0472. The SMILES string of the molecule is CC(=O)c1ccc(C(F)(F)C(=O)O)n1C. The van der Waals surface area contributed by atoms with Gasteiger partial charge in [-0.3, -0.25) is 4.79 Å². The highest BCUT2D eigenvalue weighted by atomic mass is 19.3. The van der Waals surface area contributed by atoms with E-state index >= 15 is 0 Å². The van der Waals surface area contributed by atoms with E-state index in [-0.39, 0.29) is 5.69 Å². The molecule has 1 aromatic heterocycles. The molecule has 0 amide bonds. The van der Waals surface area contributed by atoms with Crippen LogP contribution in [0.15, 0.2) is 12.1 Å². The molecule has 1 N–H and O–H groups in total. The molecule has 0 fully saturated rings. The van der Waals surface area contributed by atoms with Crippen molar-refractivity contribution >= 4 is 11.8 Å². The number of carbonyl (C=O) groups is 2. The fourth-order valence-corrected chi connectivity index (χ4v) is 1.29. The summed E-state index contributed by atoms with van der Waals surface area (Å²) in [7, 11) is 1.23. The van der Waals surface area contributed by atoms with Gasteiger partial charge in [-0.2, -0.15) is 8.78 Å². The Hall–Kier alpha value is -1.72. The lowest BCUT2D eigenvalue weighted by atomic mass is 10.2. The zero-order valence-electron chi connectivity index (χ0n) is 8.12. The molecular formula is C9H9F2NO3. The van der Waals surface area contributed by atoms with Gasteiger partial charge < -0.3 is 9.67 Å². The highest BCUT2D eigenvalue weighted by molar-refractivity contribution is 5.93. The van der Waals surface area contributed by atoms with E-state index in [9.17, 15) is 18.4 Å². The van der Waals surface area contributed by atoms with E-state index in [4.69, 9.17) is 5.11 Å². The molecule has 1 heterocycles. The van der Waals surface area contributed by atoms with Crippen molar-refractivity contribution in [3.05, 3.63) is 23.5 Å². The molecule has 0 saturated carbocycles. The number of ketones is 1. The number of rotatable bonds is 3. The molecule has 0 saturated heterocycles. The van der Waals surface area contributed by atoms with Gasteiger partial charge in [0.2, 0.25) is 0 Å². The number of alkyl halides is 2. The lowest BCUT2D eigenvalue weighted by Gasteiger charge is -2.12. The lowest BCUT2D eigenvalue weighted by Crippen LogP contribution is -2.28. The molecule has 0 aliphatic heterocycles. The summed E-state index contributed by atoms with van der Waals surface area (Å²) >= 11 is 0. The maximum absolute atomic E-state index is 13.1. The average Bonchev–Trinajstić information content (AvgIpc) is 2.46. The first kappa shape index (κ1) is 11.4. The Labute approximate surface area is 84.1 Å². The first-order chi connectivity index (χ1) is 6.78. The van der Waals surface area contributed by atoms with Gasteiger partial charge >= 0.3 is 11.9 Å². The van der Waals surface area contributed by atoms with Crippen molar-refractivity contribution in [3.8, 4) is 0 Å². The van der Waals surface area contributed by atoms with E-state index in [0.29, 0.717) is 0 Å². The summed E-state index contributed by atoms with van der Waals surface area (Å²) in [6, 6.07) is 2.11. The Balaban J connectivity index is 3.29. The molecule has 15 heavy (non-hydrogen) atoms. The summed E-state index contributed by atoms with van der Waals surface area (Å²) in [5.41, 5.74) is -0.661. The summed E-state index contributed by atoms with van der Waals surface area (Å²) in [6.07, 6.45) is 0. The van der Waals surface area contributed by atoms with E-state index in [1.54, 1.807) is 0 Å². The number of nitrogens with zero attached hydrogens (tertiary/aromatic N) is 1. The van der Waals surface area contributed by atoms with Crippen LogP contribution in [-0.4, -0.2) is 21.4 Å². The van der Waals surface area contributed by atoms with Gasteiger partial charge in [0.1, 0.15) is 0 Å². The quantitative estimate of drug-likeness (QED) is 0.778. The predicted octanol–water partition coefficient (Wildman–Crippen LogP) is 1.40. The molecule has 1 rings (SSSR count). The summed E-state index contributed by atoms with van der Waals surface area (Å²) in [5.74, 6) is -6.62.